The number of nitrogens with one attached hydrogen (secondary N) is 2. The van der Waals surface area contributed by atoms with Crippen LogP contribution in [0, 0.1) is 11.6 Å². The number of nitrogens with zero attached hydrogens (tertiary/aromatic N) is 2. The molecule has 9 heteroatoms. The third kappa shape index (κ3) is 2.92. The highest BCUT2D eigenvalue weighted by Gasteiger charge is 2.31. The maximum absolute atomic E-state index is 14.0. The van der Waals surface area contributed by atoms with Crippen LogP contribution < -0.4 is 15.4 Å². The molecule has 2 aromatic rings. The molecule has 134 valence electrons. The van der Waals surface area contributed by atoms with Crippen molar-refractivity contribution in [1.82, 2.24) is 15.2 Å². The van der Waals surface area contributed by atoms with Crippen molar-refractivity contribution in [2.45, 2.75) is 12.6 Å². The van der Waals surface area contributed by atoms with Crippen LogP contribution in [0.25, 0.3) is 0 Å². The highest BCUT2D eigenvalue weighted by Crippen LogP contribution is 2.35. The average molecular weight is 360 g/mol. The van der Waals surface area contributed by atoms with Crippen LogP contribution in [0.15, 0.2) is 30.6 Å². The van der Waals surface area contributed by atoms with Gasteiger partial charge in [0.2, 0.25) is 5.91 Å². The van der Waals surface area contributed by atoms with Gasteiger partial charge in [-0.3, -0.25) is 9.78 Å². The number of urea groups is 1. The van der Waals surface area contributed by atoms with Crippen LogP contribution in [0.4, 0.5) is 19.3 Å². The topological polar surface area (TPSA) is 83.6 Å². The van der Waals surface area contributed by atoms with Gasteiger partial charge in [0.25, 0.3) is 0 Å². The quantitative estimate of drug-likeness (QED) is 0.877. The Morgan fingerprint density at radius 3 is 3.12 bits per heavy atom. The Morgan fingerprint density at radius 2 is 2.27 bits per heavy atom. The van der Waals surface area contributed by atoms with Crippen LogP contribution in [-0.2, 0) is 11.3 Å². The first-order chi connectivity index (χ1) is 12.5. The zero-order valence-electron chi connectivity index (χ0n) is 13.5. The third-order valence-corrected chi connectivity index (χ3v) is 4.27. The largest absolute Gasteiger partial charge is 0.490 e. The van der Waals surface area contributed by atoms with Crippen molar-refractivity contribution >= 4 is 17.6 Å². The number of fused-ring (bicyclic) bond motifs is 2. The van der Waals surface area contributed by atoms with Gasteiger partial charge in [-0.1, -0.05) is 0 Å². The van der Waals surface area contributed by atoms with Gasteiger partial charge in [0, 0.05) is 30.1 Å². The lowest BCUT2D eigenvalue weighted by Crippen LogP contribution is -2.45. The fraction of sp³-hybridized carbons (Fsp3) is 0.235. The number of amides is 3. The molecular formula is C17H14F2N4O3. The van der Waals surface area contributed by atoms with Crippen molar-refractivity contribution in [3.8, 4) is 5.75 Å². The molecule has 2 N–H and O–H groups in total. The van der Waals surface area contributed by atoms with E-state index in [4.69, 9.17) is 4.74 Å². The SMILES string of the molecule is O=C(CN1Cc2cnccc2NC1=O)N[C@@H]1COc2cc(F)cc(F)c21. The summed E-state index contributed by atoms with van der Waals surface area (Å²) in [5, 5.41) is 5.30. The normalized spacial score (nSPS) is 17.8. The van der Waals surface area contributed by atoms with E-state index >= 15 is 0 Å². The molecule has 1 aromatic carbocycles. The van der Waals surface area contributed by atoms with Crippen molar-refractivity contribution in [3.63, 3.8) is 0 Å². The summed E-state index contributed by atoms with van der Waals surface area (Å²) in [7, 11) is 0. The smallest absolute Gasteiger partial charge is 0.322 e. The third-order valence-electron chi connectivity index (χ3n) is 4.27. The van der Waals surface area contributed by atoms with Gasteiger partial charge in [0.15, 0.2) is 0 Å². The highest BCUT2D eigenvalue weighted by atomic mass is 19.1. The van der Waals surface area contributed by atoms with E-state index in [-0.39, 0.29) is 31.0 Å². The van der Waals surface area contributed by atoms with E-state index in [2.05, 4.69) is 15.6 Å². The molecule has 3 amide bonds. The number of carbonyl (C=O) groups is 2. The summed E-state index contributed by atoms with van der Waals surface area (Å²) >= 11 is 0. The summed E-state index contributed by atoms with van der Waals surface area (Å²) in [5.74, 6) is -1.93. The Balaban J connectivity index is 1.44. The molecule has 0 aliphatic carbocycles. The Bertz CT molecular complexity index is 906. The minimum Gasteiger partial charge on any atom is -0.490 e. The fourth-order valence-corrected chi connectivity index (χ4v) is 3.08. The minimum absolute atomic E-state index is 0.000393. The molecule has 2 aliphatic heterocycles. The van der Waals surface area contributed by atoms with Crippen LogP contribution in [0.2, 0.25) is 0 Å². The van der Waals surface area contributed by atoms with E-state index in [0.29, 0.717) is 5.69 Å². The van der Waals surface area contributed by atoms with Gasteiger partial charge in [-0.15, -0.1) is 0 Å². The van der Waals surface area contributed by atoms with Gasteiger partial charge in [-0.05, 0) is 6.07 Å². The van der Waals surface area contributed by atoms with Crippen molar-refractivity contribution in [1.29, 1.82) is 0 Å². The van der Waals surface area contributed by atoms with Gasteiger partial charge in [-0.2, -0.15) is 0 Å². The predicted octanol–water partition coefficient (Wildman–Crippen LogP) is 1.96. The van der Waals surface area contributed by atoms with Crippen LogP contribution in [-0.4, -0.2) is 35.0 Å². The van der Waals surface area contributed by atoms with Gasteiger partial charge in [0.1, 0.15) is 30.5 Å². The van der Waals surface area contributed by atoms with E-state index in [1.165, 1.54) is 4.90 Å². The second kappa shape index (κ2) is 6.25. The van der Waals surface area contributed by atoms with Gasteiger partial charge >= 0.3 is 6.03 Å². The Hall–Kier alpha value is -3.23. The second-order valence-electron chi connectivity index (χ2n) is 6.05. The number of anilines is 1. The van der Waals surface area contributed by atoms with E-state index in [1.54, 1.807) is 18.5 Å². The average Bonchev–Trinajstić information content (AvgIpc) is 2.98. The Kier molecular flexibility index (Phi) is 3.90. The molecule has 1 atom stereocenters. The molecule has 26 heavy (non-hydrogen) atoms. The zero-order chi connectivity index (χ0) is 18.3. The van der Waals surface area contributed by atoms with Crippen molar-refractivity contribution in [2.24, 2.45) is 0 Å². The van der Waals surface area contributed by atoms with Crippen LogP contribution in [0.5, 0.6) is 5.75 Å². The second-order valence-corrected chi connectivity index (χ2v) is 6.05. The number of pyridine rings is 1. The van der Waals surface area contributed by atoms with Crippen LogP contribution in [0.3, 0.4) is 0 Å². The highest BCUT2D eigenvalue weighted by molar-refractivity contribution is 5.94. The van der Waals surface area contributed by atoms with E-state index < -0.39 is 29.6 Å². The molecule has 2 aliphatic rings. The fourth-order valence-electron chi connectivity index (χ4n) is 3.08. The maximum atomic E-state index is 14.0. The molecule has 0 saturated heterocycles. The molecule has 3 heterocycles. The molecule has 4 rings (SSSR count). The van der Waals surface area contributed by atoms with Gasteiger partial charge < -0.3 is 20.3 Å². The number of aromatic nitrogens is 1. The summed E-state index contributed by atoms with van der Waals surface area (Å²) in [4.78, 5) is 29.7. The first kappa shape index (κ1) is 16.2. The lowest BCUT2D eigenvalue weighted by molar-refractivity contribution is -0.122. The van der Waals surface area contributed by atoms with Crippen molar-refractivity contribution in [2.75, 3.05) is 18.5 Å². The van der Waals surface area contributed by atoms with Gasteiger partial charge in [-0.25, -0.2) is 13.6 Å². The molecule has 0 bridgehead atoms. The van der Waals surface area contributed by atoms with E-state index in [9.17, 15) is 18.4 Å². The molecule has 0 spiro atoms. The first-order valence-electron chi connectivity index (χ1n) is 7.91. The van der Waals surface area contributed by atoms with Gasteiger partial charge in [0.05, 0.1) is 23.8 Å². The summed E-state index contributed by atoms with van der Waals surface area (Å²) in [5.41, 5.74) is 1.55. The Labute approximate surface area is 147 Å². The predicted molar refractivity (Wildman–Crippen MR) is 86.4 cm³/mol. The van der Waals surface area contributed by atoms with Crippen molar-refractivity contribution in [3.05, 3.63) is 53.4 Å². The summed E-state index contributed by atoms with van der Waals surface area (Å²) in [6.07, 6.45) is 3.18. The molecule has 0 radical (unpaired) electrons. The number of ether oxygens (including phenoxy) is 1. The Morgan fingerprint density at radius 1 is 1.42 bits per heavy atom. The number of benzene rings is 1. The number of rotatable bonds is 3. The minimum atomic E-state index is -0.779. The molecule has 0 unspecified atom stereocenters. The zero-order valence-corrected chi connectivity index (χ0v) is 13.5. The lowest BCUT2D eigenvalue weighted by Gasteiger charge is -2.28. The number of hydrogen-bond acceptors (Lipinski definition) is 4. The monoisotopic (exact) mass is 360 g/mol. The van der Waals surface area contributed by atoms with E-state index in [0.717, 1.165) is 17.7 Å². The lowest BCUT2D eigenvalue weighted by atomic mass is 10.1. The van der Waals surface area contributed by atoms with Crippen molar-refractivity contribution < 1.29 is 23.1 Å². The first-order valence-corrected chi connectivity index (χ1v) is 7.91. The van der Waals surface area contributed by atoms with Crippen LogP contribution in [0.1, 0.15) is 17.2 Å². The molecular weight excluding hydrogens is 346 g/mol. The summed E-state index contributed by atoms with van der Waals surface area (Å²) < 4.78 is 32.4. The standard InChI is InChI=1S/C17H14F2N4O3/c18-10-3-11(19)16-13(8-26-14(16)4-10)21-15(24)7-23-6-9-5-20-2-1-12(9)22-17(23)25/h1-5,13H,6-8H2,(H,21,24)(H,22,25)/t13-/m1/s1. The number of carbonyl (C=O) groups excluding carboxylic acids is 2. The molecule has 1 aromatic heterocycles. The summed E-state index contributed by atoms with van der Waals surface area (Å²) in [6.45, 7) is 0.0228. The number of hydrogen-bond donors (Lipinski definition) is 2. The molecule has 7 nitrogen and oxygen atoms in total. The molecule has 0 saturated carbocycles. The molecule has 0 fully saturated rings. The van der Waals surface area contributed by atoms with Crippen LogP contribution >= 0.6 is 0 Å². The van der Waals surface area contributed by atoms with E-state index in [1.807, 2.05) is 0 Å². The number of halogens is 2. The maximum Gasteiger partial charge on any atom is 0.322 e. The summed E-state index contributed by atoms with van der Waals surface area (Å²) in [6, 6.07) is 2.36.